The summed E-state index contributed by atoms with van der Waals surface area (Å²) in [5.41, 5.74) is 0.940. The predicted molar refractivity (Wildman–Crippen MR) is 243 cm³/mol. The van der Waals surface area contributed by atoms with Gasteiger partial charge in [0.25, 0.3) is 0 Å². The van der Waals surface area contributed by atoms with Crippen molar-refractivity contribution in [2.75, 3.05) is 152 Å². The molecule has 0 saturated heterocycles. The van der Waals surface area contributed by atoms with E-state index in [9.17, 15) is 4.79 Å². The van der Waals surface area contributed by atoms with Crippen LogP contribution in [0.1, 0.15) is 115 Å². The SMILES string of the molecule is CCCCCCCCCCCCCCCCCCOCCOCCOCCOCCOCCOCCOCCOCCOCCOCCOCCNC(=O)OCc1ccccc1. The second-order valence-corrected chi connectivity index (χ2v) is 15.0. The van der Waals surface area contributed by atoms with E-state index in [1.807, 2.05) is 30.3 Å². The number of carbonyl (C=O) groups is 1. The summed E-state index contributed by atoms with van der Waals surface area (Å²) in [5.74, 6) is 0. The van der Waals surface area contributed by atoms with Gasteiger partial charge in [0.2, 0.25) is 0 Å². The average molecular weight is 888 g/mol. The fourth-order valence-corrected chi connectivity index (χ4v) is 6.05. The molecule has 0 bridgehead atoms. The van der Waals surface area contributed by atoms with Gasteiger partial charge in [0, 0.05) is 13.2 Å². The van der Waals surface area contributed by atoms with Gasteiger partial charge in [-0.1, -0.05) is 134 Å². The number of unbranched alkanes of at least 4 members (excludes halogenated alkanes) is 15. The maximum Gasteiger partial charge on any atom is 0.407 e. The maximum atomic E-state index is 11.7. The molecule has 14 heteroatoms. The Morgan fingerprint density at radius 3 is 0.952 bits per heavy atom. The van der Waals surface area contributed by atoms with Crippen molar-refractivity contribution >= 4 is 6.09 Å². The van der Waals surface area contributed by atoms with Gasteiger partial charge in [-0.05, 0) is 12.0 Å². The van der Waals surface area contributed by atoms with E-state index < -0.39 is 6.09 Å². The number of amides is 1. The van der Waals surface area contributed by atoms with Crippen LogP contribution in [-0.4, -0.2) is 158 Å². The summed E-state index contributed by atoms with van der Waals surface area (Å²) in [4.78, 5) is 11.7. The van der Waals surface area contributed by atoms with E-state index in [2.05, 4.69) is 12.2 Å². The number of nitrogens with one attached hydrogen (secondary N) is 1. The molecule has 0 saturated carbocycles. The van der Waals surface area contributed by atoms with Crippen molar-refractivity contribution in [3.8, 4) is 0 Å². The summed E-state index contributed by atoms with van der Waals surface area (Å²) in [7, 11) is 0. The van der Waals surface area contributed by atoms with Crippen molar-refractivity contribution < 1.29 is 61.6 Å². The molecular weight excluding hydrogens is 799 g/mol. The number of benzene rings is 1. The van der Waals surface area contributed by atoms with Crippen molar-refractivity contribution in [1.82, 2.24) is 5.32 Å². The third-order valence-electron chi connectivity index (χ3n) is 9.59. The van der Waals surface area contributed by atoms with Gasteiger partial charge in [0.15, 0.2) is 0 Å². The highest BCUT2D eigenvalue weighted by molar-refractivity contribution is 5.67. The van der Waals surface area contributed by atoms with Gasteiger partial charge in [0.05, 0.1) is 139 Å². The molecule has 14 nitrogen and oxygen atoms in total. The Morgan fingerprint density at radius 2 is 0.629 bits per heavy atom. The molecule has 0 heterocycles. The van der Waals surface area contributed by atoms with E-state index in [1.54, 1.807) is 0 Å². The Bertz CT molecular complexity index is 997. The third kappa shape index (κ3) is 47.5. The lowest BCUT2D eigenvalue weighted by molar-refractivity contribution is -0.0275. The quantitative estimate of drug-likeness (QED) is 0.0628. The minimum atomic E-state index is -0.467. The second kappa shape index (κ2) is 51.7. The van der Waals surface area contributed by atoms with Crippen molar-refractivity contribution in [2.45, 2.75) is 116 Å². The largest absolute Gasteiger partial charge is 0.445 e. The number of alkyl carbamates (subject to hydrolysis) is 1. The first-order valence-corrected chi connectivity index (χ1v) is 24.1. The van der Waals surface area contributed by atoms with Crippen molar-refractivity contribution in [2.24, 2.45) is 0 Å². The van der Waals surface area contributed by atoms with Crippen LogP contribution in [0.5, 0.6) is 0 Å². The summed E-state index contributed by atoms with van der Waals surface area (Å²) in [6.07, 6.45) is 21.7. The van der Waals surface area contributed by atoms with Crippen LogP contribution >= 0.6 is 0 Å². The Morgan fingerprint density at radius 1 is 0.355 bits per heavy atom. The average Bonchev–Trinajstić information content (AvgIpc) is 3.29. The molecule has 1 amide bonds. The first-order chi connectivity index (χ1) is 30.8. The summed E-state index contributed by atoms with van der Waals surface area (Å²) in [6.45, 7) is 14.4. The van der Waals surface area contributed by atoms with Crippen molar-refractivity contribution in [1.29, 1.82) is 0 Å². The first-order valence-electron chi connectivity index (χ1n) is 24.1. The Hall–Kier alpha value is -1.95. The molecular formula is C48H89NO13. The molecule has 1 aromatic rings. The number of ether oxygens (including phenoxy) is 12. The first kappa shape index (κ1) is 58.1. The zero-order valence-electron chi connectivity index (χ0n) is 39.0. The normalized spacial score (nSPS) is 11.4. The summed E-state index contributed by atoms with van der Waals surface area (Å²) < 4.78 is 66.0. The molecule has 0 radical (unpaired) electrons. The molecule has 0 unspecified atom stereocenters. The minimum absolute atomic E-state index is 0.239. The second-order valence-electron chi connectivity index (χ2n) is 15.0. The Balaban J connectivity index is 1.61. The molecule has 1 aromatic carbocycles. The number of carbonyl (C=O) groups excluding carboxylic acids is 1. The molecule has 0 atom stereocenters. The molecule has 0 aliphatic rings. The number of hydrogen-bond donors (Lipinski definition) is 1. The third-order valence-corrected chi connectivity index (χ3v) is 9.59. The minimum Gasteiger partial charge on any atom is -0.445 e. The molecule has 1 N–H and O–H groups in total. The van der Waals surface area contributed by atoms with E-state index >= 15 is 0 Å². The van der Waals surface area contributed by atoms with E-state index in [4.69, 9.17) is 56.8 Å². The lowest BCUT2D eigenvalue weighted by Crippen LogP contribution is -2.28. The van der Waals surface area contributed by atoms with Crippen LogP contribution in [0.3, 0.4) is 0 Å². The Labute approximate surface area is 376 Å². The molecule has 0 aromatic heterocycles. The topological polar surface area (TPSA) is 140 Å². The summed E-state index contributed by atoms with van der Waals surface area (Å²) >= 11 is 0. The van der Waals surface area contributed by atoms with E-state index in [-0.39, 0.29) is 6.61 Å². The zero-order chi connectivity index (χ0) is 44.2. The molecule has 62 heavy (non-hydrogen) atoms. The molecule has 0 aliphatic carbocycles. The maximum absolute atomic E-state index is 11.7. The zero-order valence-corrected chi connectivity index (χ0v) is 39.0. The monoisotopic (exact) mass is 888 g/mol. The molecule has 0 aliphatic heterocycles. The van der Waals surface area contributed by atoms with Crippen LogP contribution in [-0.2, 0) is 63.4 Å². The lowest BCUT2D eigenvalue weighted by atomic mass is 10.0. The van der Waals surface area contributed by atoms with E-state index in [0.29, 0.717) is 145 Å². The van der Waals surface area contributed by atoms with Crippen LogP contribution in [0.25, 0.3) is 0 Å². The highest BCUT2D eigenvalue weighted by Crippen LogP contribution is 2.13. The van der Waals surface area contributed by atoms with Crippen molar-refractivity contribution in [3.05, 3.63) is 35.9 Å². The smallest absolute Gasteiger partial charge is 0.407 e. The standard InChI is InChI=1S/C48H89NO13/c1-2-3-4-5-6-7-8-9-10-11-12-13-14-15-16-20-24-51-26-28-53-30-32-55-34-36-57-38-40-59-42-44-61-45-43-60-41-39-58-37-35-56-33-31-54-29-27-52-25-23-49-48(50)62-46-47-21-18-17-19-22-47/h17-19,21-22H,2-16,20,23-46H2,1H3,(H,49,50). The van der Waals surface area contributed by atoms with Gasteiger partial charge in [0.1, 0.15) is 6.61 Å². The Kier molecular flexibility index (Phi) is 48.4. The van der Waals surface area contributed by atoms with Gasteiger partial charge >= 0.3 is 6.09 Å². The van der Waals surface area contributed by atoms with Crippen molar-refractivity contribution in [3.63, 3.8) is 0 Å². The molecule has 1 rings (SSSR count). The fraction of sp³-hybridized carbons (Fsp3) is 0.854. The fourth-order valence-electron chi connectivity index (χ4n) is 6.05. The summed E-state index contributed by atoms with van der Waals surface area (Å²) in [6, 6.07) is 9.52. The van der Waals surface area contributed by atoms with Gasteiger partial charge < -0.3 is 62.2 Å². The molecule has 0 spiro atoms. The van der Waals surface area contributed by atoms with Gasteiger partial charge in [-0.15, -0.1) is 0 Å². The molecule has 364 valence electrons. The van der Waals surface area contributed by atoms with Crippen LogP contribution in [0.2, 0.25) is 0 Å². The highest BCUT2D eigenvalue weighted by atomic mass is 16.6. The van der Waals surface area contributed by atoms with Crippen LogP contribution in [0, 0.1) is 0 Å². The van der Waals surface area contributed by atoms with Crippen LogP contribution in [0.4, 0.5) is 4.79 Å². The number of rotatable bonds is 52. The van der Waals surface area contributed by atoms with Gasteiger partial charge in [-0.3, -0.25) is 0 Å². The van der Waals surface area contributed by atoms with E-state index in [0.717, 1.165) is 18.6 Å². The summed E-state index contributed by atoms with van der Waals surface area (Å²) in [5, 5.41) is 2.65. The van der Waals surface area contributed by atoms with Gasteiger partial charge in [-0.25, -0.2) is 4.79 Å². The predicted octanol–water partition coefficient (Wildman–Crippen LogP) is 8.36. The van der Waals surface area contributed by atoms with Gasteiger partial charge in [-0.2, -0.15) is 0 Å². The highest BCUT2D eigenvalue weighted by Gasteiger charge is 2.02. The number of hydrogen-bond acceptors (Lipinski definition) is 13. The van der Waals surface area contributed by atoms with Crippen LogP contribution < -0.4 is 5.32 Å². The van der Waals surface area contributed by atoms with E-state index in [1.165, 1.54) is 96.3 Å². The molecule has 0 fully saturated rings. The van der Waals surface area contributed by atoms with Crippen LogP contribution in [0.15, 0.2) is 30.3 Å². The lowest BCUT2D eigenvalue weighted by Gasteiger charge is -2.09.